The molecular weight excluding hydrogens is 886 g/mol. The molecule has 0 unspecified atom stereocenters. The van der Waals surface area contributed by atoms with Gasteiger partial charge in [0.15, 0.2) is 24.4 Å². The highest BCUT2D eigenvalue weighted by atomic mass is 32.2. The van der Waals surface area contributed by atoms with Gasteiger partial charge in [-0.25, -0.2) is 22.4 Å². The molecule has 3 saturated heterocycles. The highest BCUT2D eigenvalue weighted by Gasteiger charge is 2.57. The maximum atomic E-state index is 13.8. The van der Waals surface area contributed by atoms with Crippen LogP contribution in [0.1, 0.15) is 56.5 Å². The van der Waals surface area contributed by atoms with Crippen molar-refractivity contribution < 1.29 is 40.8 Å². The number of H-pyrrole nitrogens is 1. The predicted molar refractivity (Wildman–Crippen MR) is 250 cm³/mol. The Hall–Kier alpha value is -4.48. The van der Waals surface area contributed by atoms with E-state index in [4.69, 9.17) is 32.4 Å². The van der Waals surface area contributed by atoms with E-state index < -0.39 is 74.2 Å². The maximum Gasteiger partial charge on any atom is 0.330 e. The number of aromatic nitrogens is 2. The monoisotopic (exact) mass is 943 g/mol. The molecule has 17 heteroatoms. The minimum Gasteiger partial charge on any atom is -0.497 e. The van der Waals surface area contributed by atoms with Gasteiger partial charge < -0.3 is 37.4 Å². The van der Waals surface area contributed by atoms with Crippen LogP contribution in [0.25, 0.3) is 0 Å². The molecular formula is C48H58N3O11PSSi. The van der Waals surface area contributed by atoms with Gasteiger partial charge in [0.2, 0.25) is 0 Å². The zero-order chi connectivity index (χ0) is 46.1. The topological polar surface area (TPSA) is 157 Å². The molecule has 7 atom stereocenters. The molecule has 0 amide bonds. The summed E-state index contributed by atoms with van der Waals surface area (Å²) in [5, 5.41) is -0.303. The molecule has 65 heavy (non-hydrogen) atoms. The molecule has 346 valence electrons. The van der Waals surface area contributed by atoms with Gasteiger partial charge in [-0.2, -0.15) is 0 Å². The summed E-state index contributed by atoms with van der Waals surface area (Å²) in [5.41, 5.74) is -0.107. The zero-order valence-corrected chi connectivity index (χ0v) is 40.5. The lowest BCUT2D eigenvalue weighted by atomic mass is 9.80. The number of rotatable bonds is 16. The first kappa shape index (κ1) is 47.0. The van der Waals surface area contributed by atoms with E-state index in [9.17, 15) is 18.0 Å². The lowest BCUT2D eigenvalue weighted by Crippen LogP contribution is -2.51. The number of ether oxygens (including phenoxy) is 4. The molecule has 4 heterocycles. The molecule has 1 aromatic heterocycles. The predicted octanol–water partition coefficient (Wildman–Crippen LogP) is 7.80. The van der Waals surface area contributed by atoms with E-state index in [1.54, 1.807) is 44.6 Å². The molecule has 0 bridgehead atoms. The summed E-state index contributed by atoms with van der Waals surface area (Å²) in [6.07, 6.45) is -1.98. The second kappa shape index (κ2) is 19.0. The number of fused-ring (bicyclic) bond motifs is 1. The van der Waals surface area contributed by atoms with Crippen LogP contribution in [-0.4, -0.2) is 94.5 Å². The molecule has 1 N–H and O–H groups in total. The smallest absolute Gasteiger partial charge is 0.330 e. The molecule has 0 spiro atoms. The minimum atomic E-state index is -3.72. The lowest BCUT2D eigenvalue weighted by molar-refractivity contribution is -0.0946. The first-order chi connectivity index (χ1) is 31.1. The van der Waals surface area contributed by atoms with E-state index in [0.29, 0.717) is 18.0 Å². The van der Waals surface area contributed by atoms with Gasteiger partial charge in [-0.15, -0.1) is 0 Å². The zero-order valence-electron chi connectivity index (χ0n) is 37.8. The molecule has 0 aliphatic carbocycles. The van der Waals surface area contributed by atoms with Crippen molar-refractivity contribution in [3.8, 4) is 11.5 Å². The molecule has 0 radical (unpaired) electrons. The Morgan fingerprint density at radius 3 is 1.94 bits per heavy atom. The van der Waals surface area contributed by atoms with E-state index in [0.717, 1.165) is 34.1 Å². The second-order valence-electron chi connectivity index (χ2n) is 18.1. The van der Waals surface area contributed by atoms with Crippen LogP contribution in [0.3, 0.4) is 0 Å². The van der Waals surface area contributed by atoms with Crippen LogP contribution in [0.15, 0.2) is 136 Å². The summed E-state index contributed by atoms with van der Waals surface area (Å²) in [6, 6.07) is 34.7. The number of sulfone groups is 1. The Kier molecular flexibility index (Phi) is 13.8. The fraction of sp³-hybridized carbons (Fsp3) is 0.417. The van der Waals surface area contributed by atoms with Crippen LogP contribution < -0.4 is 20.7 Å². The normalized spacial score (nSPS) is 24.0. The molecule has 3 aliphatic heterocycles. The second-order valence-corrected chi connectivity index (χ2v) is 26.3. The Morgan fingerprint density at radius 2 is 1.37 bits per heavy atom. The Morgan fingerprint density at radius 1 is 0.785 bits per heavy atom. The number of nitrogens with zero attached hydrogens (tertiary/aromatic N) is 2. The van der Waals surface area contributed by atoms with Crippen LogP contribution in [0.4, 0.5) is 0 Å². The Balaban J connectivity index is 1.24. The van der Waals surface area contributed by atoms with Gasteiger partial charge in [0.1, 0.15) is 35.4 Å². The van der Waals surface area contributed by atoms with Gasteiger partial charge in [-0.05, 0) is 84.1 Å². The molecule has 5 aromatic rings. The average molecular weight is 944 g/mol. The number of nitrogens with one attached hydrogen (secondary N) is 1. The van der Waals surface area contributed by atoms with Gasteiger partial charge in [-0.1, -0.05) is 93.6 Å². The van der Waals surface area contributed by atoms with Crippen LogP contribution in [0.5, 0.6) is 11.5 Å². The standard InChI is InChI=1S/C48H58N3O11PSSi/c1-47(2,3)65(6,7)62-44-43(61-63-50-30-14-19-39(50)41(60-63)32-64(54,55)38-17-12-9-13-18-38)40(59-45(44)51-42(52)28-29-49-46(51)53)31-58-48(33-15-10-8-11-16-33,34-20-24-36(56-4)25-21-34)35-22-26-37(57-5)27-23-35/h8-13,15-18,20-29,39-41,43-45H,14,19,30-32H2,1-7H3,(H,49,53)/t39-,40+,41+,43+,44+,45+,63-/m0/s1. The fourth-order valence-corrected chi connectivity index (χ4v) is 13.5. The van der Waals surface area contributed by atoms with E-state index in [-0.39, 0.29) is 28.3 Å². The number of aromatic amines is 1. The number of benzene rings is 4. The van der Waals surface area contributed by atoms with Gasteiger partial charge in [0.25, 0.3) is 14.1 Å². The van der Waals surface area contributed by atoms with Crippen molar-refractivity contribution >= 4 is 26.7 Å². The first-order valence-electron chi connectivity index (χ1n) is 21.9. The summed E-state index contributed by atoms with van der Waals surface area (Å²) in [7, 11) is -5.11. The van der Waals surface area contributed by atoms with E-state index in [2.05, 4.69) is 43.5 Å². The SMILES string of the molecule is COc1ccc(C(OC[C@H]2O[C@@H](n3c(=O)cc[nH]c3=O)[C@H](O[Si](C)(C)C(C)(C)C)[C@@H]2O[P@]2O[C@H](CS(=O)(=O)c3ccccc3)[C@@H]3CCCN32)(c2ccccc2)c2ccc(OC)cc2)cc1. The van der Waals surface area contributed by atoms with Crippen LogP contribution in [0.2, 0.25) is 18.1 Å². The van der Waals surface area contributed by atoms with Crippen molar-refractivity contribution in [2.45, 2.75) is 98.9 Å². The maximum absolute atomic E-state index is 13.8. The highest BCUT2D eigenvalue weighted by molar-refractivity contribution is 7.91. The number of methoxy groups -OCH3 is 2. The highest BCUT2D eigenvalue weighted by Crippen LogP contribution is 2.59. The summed E-state index contributed by atoms with van der Waals surface area (Å²) >= 11 is 0. The molecule has 3 aliphatic rings. The third-order valence-electron chi connectivity index (χ3n) is 13.1. The summed E-state index contributed by atoms with van der Waals surface area (Å²) in [4.78, 5) is 30.3. The largest absolute Gasteiger partial charge is 0.497 e. The van der Waals surface area contributed by atoms with Gasteiger partial charge in [0, 0.05) is 24.8 Å². The summed E-state index contributed by atoms with van der Waals surface area (Å²) in [6.45, 7) is 11.0. The van der Waals surface area contributed by atoms with Crippen molar-refractivity contribution in [1.29, 1.82) is 0 Å². The fourth-order valence-electron chi connectivity index (χ4n) is 8.65. The third kappa shape index (κ3) is 9.43. The van der Waals surface area contributed by atoms with Crippen molar-refractivity contribution in [2.75, 3.05) is 33.1 Å². The van der Waals surface area contributed by atoms with Crippen LogP contribution in [0, 0.1) is 0 Å². The van der Waals surface area contributed by atoms with Crippen molar-refractivity contribution in [2.24, 2.45) is 0 Å². The van der Waals surface area contributed by atoms with E-state index in [1.807, 2.05) is 78.9 Å². The van der Waals surface area contributed by atoms with Crippen molar-refractivity contribution in [3.63, 3.8) is 0 Å². The lowest BCUT2D eigenvalue weighted by Gasteiger charge is -2.41. The number of hydrogen-bond donors (Lipinski definition) is 1. The first-order valence-corrected chi connectivity index (χ1v) is 27.6. The van der Waals surface area contributed by atoms with Crippen molar-refractivity contribution in [1.82, 2.24) is 14.2 Å². The van der Waals surface area contributed by atoms with E-state index >= 15 is 0 Å². The average Bonchev–Trinajstić information content (AvgIpc) is 4.00. The molecule has 3 fully saturated rings. The molecule has 14 nitrogen and oxygen atoms in total. The van der Waals surface area contributed by atoms with Gasteiger partial charge >= 0.3 is 5.69 Å². The number of hydrogen-bond acceptors (Lipinski definition) is 12. The Bertz CT molecular complexity index is 2550. The molecule has 4 aromatic carbocycles. The quantitative estimate of drug-likeness (QED) is 0.0583. The summed E-state index contributed by atoms with van der Waals surface area (Å²) in [5.74, 6) is 1.11. The molecule has 0 saturated carbocycles. The third-order valence-corrected chi connectivity index (χ3v) is 21.2. The minimum absolute atomic E-state index is 0.122. The van der Waals surface area contributed by atoms with Gasteiger partial charge in [-0.3, -0.25) is 4.79 Å². The molecule has 8 rings (SSSR count). The van der Waals surface area contributed by atoms with E-state index in [1.165, 1.54) is 12.3 Å². The summed E-state index contributed by atoms with van der Waals surface area (Å²) < 4.78 is 77.4. The van der Waals surface area contributed by atoms with Crippen molar-refractivity contribution in [3.05, 3.63) is 159 Å². The van der Waals surface area contributed by atoms with Crippen LogP contribution >= 0.6 is 8.53 Å². The van der Waals surface area contributed by atoms with Gasteiger partial charge in [0.05, 0.1) is 37.6 Å². The van der Waals surface area contributed by atoms with Crippen LogP contribution in [-0.2, 0) is 38.4 Å². The Labute approximate surface area is 382 Å².